The molecular formula is C18H22N2O4. The zero-order valence-corrected chi connectivity index (χ0v) is 14.0. The maximum atomic E-state index is 12.1. The highest BCUT2D eigenvalue weighted by molar-refractivity contribution is 5.91. The smallest absolute Gasteiger partial charge is 0.286 e. The maximum Gasteiger partial charge on any atom is 0.286 e. The van der Waals surface area contributed by atoms with E-state index in [-0.39, 0.29) is 17.6 Å². The lowest BCUT2D eigenvalue weighted by atomic mass is 10.2. The highest BCUT2D eigenvalue weighted by atomic mass is 16.5. The van der Waals surface area contributed by atoms with Crippen LogP contribution in [0.4, 0.5) is 0 Å². The van der Waals surface area contributed by atoms with Gasteiger partial charge in [-0.15, -0.1) is 0 Å². The molecule has 0 aliphatic carbocycles. The molecule has 0 saturated heterocycles. The third-order valence-electron chi connectivity index (χ3n) is 3.58. The lowest BCUT2D eigenvalue weighted by Crippen LogP contribution is -2.28. The highest BCUT2D eigenvalue weighted by Crippen LogP contribution is 2.14. The van der Waals surface area contributed by atoms with E-state index in [1.165, 1.54) is 6.26 Å². The van der Waals surface area contributed by atoms with Gasteiger partial charge in [0.2, 0.25) is 5.91 Å². The van der Waals surface area contributed by atoms with Gasteiger partial charge in [0, 0.05) is 26.6 Å². The number of ether oxygens (including phenoxy) is 1. The number of carbonyl (C=O) groups excluding carboxylic acids is 2. The zero-order chi connectivity index (χ0) is 17.4. The quantitative estimate of drug-likeness (QED) is 0.755. The summed E-state index contributed by atoms with van der Waals surface area (Å²) in [5.41, 5.74) is 1.01. The van der Waals surface area contributed by atoms with E-state index in [1.54, 1.807) is 31.2 Å². The van der Waals surface area contributed by atoms with Crippen LogP contribution in [0.1, 0.15) is 29.0 Å². The van der Waals surface area contributed by atoms with Crippen molar-refractivity contribution < 1.29 is 18.7 Å². The van der Waals surface area contributed by atoms with Gasteiger partial charge in [-0.3, -0.25) is 9.59 Å². The van der Waals surface area contributed by atoms with E-state index in [0.717, 1.165) is 11.3 Å². The summed E-state index contributed by atoms with van der Waals surface area (Å²) in [4.78, 5) is 25.5. The molecule has 2 rings (SSSR count). The second kappa shape index (κ2) is 8.76. The Morgan fingerprint density at radius 2 is 2.08 bits per heavy atom. The second-order valence-corrected chi connectivity index (χ2v) is 5.44. The molecule has 1 aromatic carbocycles. The van der Waals surface area contributed by atoms with Crippen molar-refractivity contribution in [3.8, 4) is 5.75 Å². The predicted molar refractivity (Wildman–Crippen MR) is 89.7 cm³/mol. The summed E-state index contributed by atoms with van der Waals surface area (Å²) in [6.45, 7) is 0.951. The van der Waals surface area contributed by atoms with Crippen molar-refractivity contribution in [2.75, 3.05) is 20.7 Å². The van der Waals surface area contributed by atoms with E-state index in [1.807, 2.05) is 24.3 Å². The minimum atomic E-state index is -0.266. The Hall–Kier alpha value is -2.76. The Morgan fingerprint density at radius 3 is 2.79 bits per heavy atom. The van der Waals surface area contributed by atoms with E-state index in [0.29, 0.717) is 25.9 Å². The number of methoxy groups -OCH3 is 1. The molecule has 24 heavy (non-hydrogen) atoms. The molecule has 1 aromatic heterocycles. The van der Waals surface area contributed by atoms with Gasteiger partial charge in [-0.2, -0.15) is 0 Å². The summed E-state index contributed by atoms with van der Waals surface area (Å²) in [7, 11) is 3.38. The normalized spacial score (nSPS) is 10.2. The summed E-state index contributed by atoms with van der Waals surface area (Å²) in [5, 5.41) is 2.72. The molecule has 0 spiro atoms. The van der Waals surface area contributed by atoms with Crippen LogP contribution >= 0.6 is 0 Å². The number of hydrogen-bond acceptors (Lipinski definition) is 4. The molecule has 0 bridgehead atoms. The minimum absolute atomic E-state index is 0.0325. The molecule has 2 aromatic rings. The van der Waals surface area contributed by atoms with Crippen LogP contribution in [0.2, 0.25) is 0 Å². The number of nitrogens with one attached hydrogen (secondary N) is 1. The van der Waals surface area contributed by atoms with E-state index >= 15 is 0 Å². The molecule has 2 amide bonds. The molecule has 1 heterocycles. The molecule has 0 aliphatic rings. The van der Waals surface area contributed by atoms with Crippen LogP contribution in [-0.4, -0.2) is 37.4 Å². The summed E-state index contributed by atoms with van der Waals surface area (Å²) in [6, 6.07) is 10.9. The summed E-state index contributed by atoms with van der Waals surface area (Å²) < 4.78 is 10.2. The third kappa shape index (κ3) is 5.15. The van der Waals surface area contributed by atoms with Gasteiger partial charge in [0.05, 0.1) is 13.4 Å². The SMILES string of the molecule is COc1cccc(CN(C)C(=O)CCCNC(=O)c2ccco2)c1. The molecular weight excluding hydrogens is 308 g/mol. The van der Waals surface area contributed by atoms with Gasteiger partial charge in [0.25, 0.3) is 5.91 Å². The lowest BCUT2D eigenvalue weighted by Gasteiger charge is -2.17. The molecule has 0 atom stereocenters. The average molecular weight is 330 g/mol. The number of furan rings is 1. The van der Waals surface area contributed by atoms with Crippen molar-refractivity contribution >= 4 is 11.8 Å². The van der Waals surface area contributed by atoms with Gasteiger partial charge in [-0.05, 0) is 36.2 Å². The van der Waals surface area contributed by atoms with Crippen LogP contribution < -0.4 is 10.1 Å². The summed E-state index contributed by atoms with van der Waals surface area (Å²) >= 11 is 0. The van der Waals surface area contributed by atoms with Gasteiger partial charge in [-0.1, -0.05) is 12.1 Å². The number of nitrogens with zero attached hydrogens (tertiary/aromatic N) is 1. The number of rotatable bonds is 8. The first-order valence-corrected chi connectivity index (χ1v) is 7.78. The van der Waals surface area contributed by atoms with Crippen LogP contribution in [0, 0.1) is 0 Å². The standard InChI is InChI=1S/C18H22N2O4/c1-20(13-14-6-3-7-15(12-14)23-2)17(21)9-4-10-19-18(22)16-8-5-11-24-16/h3,5-8,11-12H,4,9-10,13H2,1-2H3,(H,19,22). The van der Waals surface area contributed by atoms with Gasteiger partial charge in [0.15, 0.2) is 5.76 Å². The van der Waals surface area contributed by atoms with Gasteiger partial charge < -0.3 is 19.4 Å². The predicted octanol–water partition coefficient (Wildman–Crippen LogP) is 2.46. The Kier molecular flexibility index (Phi) is 6.42. The third-order valence-corrected chi connectivity index (χ3v) is 3.58. The fraction of sp³-hybridized carbons (Fsp3) is 0.333. The van der Waals surface area contributed by atoms with Crippen molar-refractivity contribution in [3.05, 3.63) is 54.0 Å². The molecule has 0 fully saturated rings. The number of hydrogen-bond donors (Lipinski definition) is 1. The van der Waals surface area contributed by atoms with Crippen LogP contribution in [0.15, 0.2) is 47.1 Å². The molecule has 0 radical (unpaired) electrons. The zero-order valence-electron chi connectivity index (χ0n) is 14.0. The van der Waals surface area contributed by atoms with E-state index in [2.05, 4.69) is 5.32 Å². The molecule has 0 saturated carbocycles. The Balaban J connectivity index is 1.70. The Labute approximate surface area is 141 Å². The van der Waals surface area contributed by atoms with Crippen LogP contribution in [0.25, 0.3) is 0 Å². The molecule has 6 heteroatoms. The molecule has 1 N–H and O–H groups in total. The fourth-order valence-electron chi connectivity index (χ4n) is 2.26. The van der Waals surface area contributed by atoms with Crippen molar-refractivity contribution in [2.45, 2.75) is 19.4 Å². The highest BCUT2D eigenvalue weighted by Gasteiger charge is 2.11. The van der Waals surface area contributed by atoms with E-state index < -0.39 is 0 Å². The fourth-order valence-corrected chi connectivity index (χ4v) is 2.26. The van der Waals surface area contributed by atoms with Crippen molar-refractivity contribution in [1.82, 2.24) is 10.2 Å². The maximum absolute atomic E-state index is 12.1. The minimum Gasteiger partial charge on any atom is -0.497 e. The average Bonchev–Trinajstić information content (AvgIpc) is 3.13. The van der Waals surface area contributed by atoms with Crippen molar-refractivity contribution in [3.63, 3.8) is 0 Å². The number of benzene rings is 1. The molecule has 128 valence electrons. The first-order valence-electron chi connectivity index (χ1n) is 7.78. The largest absolute Gasteiger partial charge is 0.497 e. The van der Waals surface area contributed by atoms with Gasteiger partial charge in [-0.25, -0.2) is 0 Å². The van der Waals surface area contributed by atoms with Crippen LogP contribution in [0.5, 0.6) is 5.75 Å². The van der Waals surface area contributed by atoms with Crippen LogP contribution in [-0.2, 0) is 11.3 Å². The van der Waals surface area contributed by atoms with Crippen LogP contribution in [0.3, 0.4) is 0 Å². The summed E-state index contributed by atoms with van der Waals surface area (Å²) in [5.74, 6) is 0.813. The number of amides is 2. The number of carbonyl (C=O) groups is 2. The second-order valence-electron chi connectivity index (χ2n) is 5.44. The van der Waals surface area contributed by atoms with E-state index in [4.69, 9.17) is 9.15 Å². The monoisotopic (exact) mass is 330 g/mol. The van der Waals surface area contributed by atoms with Crippen molar-refractivity contribution in [2.24, 2.45) is 0 Å². The first-order chi connectivity index (χ1) is 11.6. The lowest BCUT2D eigenvalue weighted by molar-refractivity contribution is -0.130. The van der Waals surface area contributed by atoms with E-state index in [9.17, 15) is 9.59 Å². The summed E-state index contributed by atoms with van der Waals surface area (Å²) in [6.07, 6.45) is 2.40. The molecule has 6 nitrogen and oxygen atoms in total. The topological polar surface area (TPSA) is 71.8 Å². The molecule has 0 unspecified atom stereocenters. The first kappa shape index (κ1) is 17.6. The molecule has 0 aliphatic heterocycles. The van der Waals surface area contributed by atoms with Gasteiger partial charge >= 0.3 is 0 Å². The van der Waals surface area contributed by atoms with Gasteiger partial charge in [0.1, 0.15) is 5.75 Å². The Bertz CT molecular complexity index is 667. The Morgan fingerprint density at radius 1 is 1.25 bits per heavy atom. The van der Waals surface area contributed by atoms with Crippen molar-refractivity contribution in [1.29, 1.82) is 0 Å².